The molecule has 0 radical (unpaired) electrons. The zero-order valence-electron chi connectivity index (χ0n) is 13.1. The van der Waals surface area contributed by atoms with Crippen molar-refractivity contribution >= 4 is 5.91 Å². The van der Waals surface area contributed by atoms with E-state index in [9.17, 15) is 4.79 Å². The highest BCUT2D eigenvalue weighted by molar-refractivity contribution is 5.76. The fourth-order valence-electron chi connectivity index (χ4n) is 2.59. The third-order valence-corrected chi connectivity index (χ3v) is 3.81. The Morgan fingerprint density at radius 3 is 3.04 bits per heavy atom. The molecular weight excluding hydrogens is 292 g/mol. The normalized spacial score (nSPS) is 17.8. The largest absolute Gasteiger partial charge is 0.375 e. The Morgan fingerprint density at radius 1 is 1.39 bits per heavy atom. The molecule has 1 fully saturated rings. The van der Waals surface area contributed by atoms with Crippen molar-refractivity contribution in [3.63, 3.8) is 0 Å². The SMILES string of the molecule is O=C(C[C@@H]1CNCCO1)NCCc1cnn(-c2ccccc2)c1. The van der Waals surface area contributed by atoms with Gasteiger partial charge in [-0.25, -0.2) is 4.68 Å². The minimum Gasteiger partial charge on any atom is -0.375 e. The van der Waals surface area contributed by atoms with Crippen LogP contribution < -0.4 is 10.6 Å². The fourth-order valence-corrected chi connectivity index (χ4v) is 2.59. The number of hydrogen-bond acceptors (Lipinski definition) is 4. The number of carbonyl (C=O) groups is 1. The topological polar surface area (TPSA) is 68.2 Å². The van der Waals surface area contributed by atoms with Crippen molar-refractivity contribution < 1.29 is 9.53 Å². The quantitative estimate of drug-likeness (QED) is 0.832. The lowest BCUT2D eigenvalue weighted by molar-refractivity contribution is -0.124. The molecule has 1 aromatic carbocycles. The van der Waals surface area contributed by atoms with Crippen LogP contribution in [-0.2, 0) is 16.0 Å². The van der Waals surface area contributed by atoms with E-state index < -0.39 is 0 Å². The number of nitrogens with zero attached hydrogens (tertiary/aromatic N) is 2. The van der Waals surface area contributed by atoms with Gasteiger partial charge in [0, 0.05) is 25.8 Å². The zero-order chi connectivity index (χ0) is 15.9. The first-order valence-corrected chi connectivity index (χ1v) is 7.99. The number of nitrogens with one attached hydrogen (secondary N) is 2. The summed E-state index contributed by atoms with van der Waals surface area (Å²) < 4.78 is 7.37. The molecule has 1 aliphatic rings. The number of ether oxygens (including phenoxy) is 1. The molecule has 0 aliphatic carbocycles. The van der Waals surface area contributed by atoms with E-state index in [0.29, 0.717) is 19.6 Å². The molecule has 6 nitrogen and oxygen atoms in total. The Kier molecular flexibility index (Phi) is 5.39. The third-order valence-electron chi connectivity index (χ3n) is 3.81. The first-order valence-electron chi connectivity index (χ1n) is 7.99. The van der Waals surface area contributed by atoms with Crippen LogP contribution in [0.5, 0.6) is 0 Å². The second-order valence-corrected chi connectivity index (χ2v) is 5.63. The number of para-hydroxylation sites is 1. The molecule has 1 amide bonds. The number of hydrogen-bond donors (Lipinski definition) is 2. The van der Waals surface area contributed by atoms with Crippen molar-refractivity contribution in [2.45, 2.75) is 18.9 Å². The summed E-state index contributed by atoms with van der Waals surface area (Å²) >= 11 is 0. The summed E-state index contributed by atoms with van der Waals surface area (Å²) in [6.45, 7) is 2.90. The van der Waals surface area contributed by atoms with Crippen LogP contribution in [0, 0.1) is 0 Å². The number of rotatable bonds is 6. The number of benzene rings is 1. The Hall–Kier alpha value is -2.18. The van der Waals surface area contributed by atoms with Gasteiger partial charge in [-0.2, -0.15) is 5.10 Å². The van der Waals surface area contributed by atoms with Crippen molar-refractivity contribution in [1.29, 1.82) is 0 Å². The van der Waals surface area contributed by atoms with Crippen LogP contribution >= 0.6 is 0 Å². The van der Waals surface area contributed by atoms with Crippen molar-refractivity contribution in [3.05, 3.63) is 48.3 Å². The molecule has 122 valence electrons. The maximum Gasteiger partial charge on any atom is 0.222 e. The summed E-state index contributed by atoms with van der Waals surface area (Å²) in [6, 6.07) is 9.97. The zero-order valence-corrected chi connectivity index (χ0v) is 13.1. The number of amides is 1. The lowest BCUT2D eigenvalue weighted by Crippen LogP contribution is -2.41. The number of carbonyl (C=O) groups excluding carboxylic acids is 1. The molecule has 0 unspecified atom stereocenters. The monoisotopic (exact) mass is 314 g/mol. The smallest absolute Gasteiger partial charge is 0.222 e. The fraction of sp³-hybridized carbons (Fsp3) is 0.412. The molecule has 0 bridgehead atoms. The maximum atomic E-state index is 11.9. The van der Waals surface area contributed by atoms with Gasteiger partial charge in [0.05, 0.1) is 31.0 Å². The van der Waals surface area contributed by atoms with E-state index in [2.05, 4.69) is 15.7 Å². The van der Waals surface area contributed by atoms with E-state index in [1.807, 2.05) is 47.4 Å². The van der Waals surface area contributed by atoms with E-state index in [0.717, 1.165) is 30.8 Å². The molecule has 1 saturated heterocycles. The third kappa shape index (κ3) is 4.64. The van der Waals surface area contributed by atoms with Gasteiger partial charge in [-0.1, -0.05) is 18.2 Å². The standard InChI is InChI=1S/C17H22N4O2/c22-17(10-16-12-18-8-9-23-16)19-7-6-14-11-20-21(13-14)15-4-2-1-3-5-15/h1-5,11,13,16,18H,6-10,12H2,(H,19,22)/t16-/m1/s1. The second-order valence-electron chi connectivity index (χ2n) is 5.63. The van der Waals surface area contributed by atoms with Crippen LogP contribution in [0.1, 0.15) is 12.0 Å². The predicted molar refractivity (Wildman–Crippen MR) is 87.5 cm³/mol. The van der Waals surface area contributed by atoms with Crippen LogP contribution in [0.2, 0.25) is 0 Å². The molecule has 1 atom stereocenters. The molecule has 2 heterocycles. The second kappa shape index (κ2) is 7.89. The Morgan fingerprint density at radius 2 is 2.26 bits per heavy atom. The van der Waals surface area contributed by atoms with Gasteiger partial charge in [0.1, 0.15) is 0 Å². The van der Waals surface area contributed by atoms with Crippen LogP contribution in [0.3, 0.4) is 0 Å². The van der Waals surface area contributed by atoms with Crippen LogP contribution in [-0.4, -0.2) is 48.0 Å². The van der Waals surface area contributed by atoms with Gasteiger partial charge in [0.2, 0.25) is 5.91 Å². The molecule has 23 heavy (non-hydrogen) atoms. The minimum atomic E-state index is -0.00965. The molecule has 3 rings (SSSR count). The lowest BCUT2D eigenvalue weighted by atomic mass is 10.2. The molecule has 0 spiro atoms. The molecule has 2 aromatic rings. The summed E-state index contributed by atoms with van der Waals surface area (Å²) in [5.41, 5.74) is 2.13. The average Bonchev–Trinajstić information content (AvgIpc) is 3.05. The summed E-state index contributed by atoms with van der Waals surface area (Å²) in [5, 5.41) is 10.5. The Balaban J connectivity index is 1.42. The first kappa shape index (κ1) is 15.7. The van der Waals surface area contributed by atoms with E-state index in [-0.39, 0.29) is 12.0 Å². The van der Waals surface area contributed by atoms with Gasteiger partial charge in [-0.05, 0) is 24.1 Å². The van der Waals surface area contributed by atoms with Crippen molar-refractivity contribution in [3.8, 4) is 5.69 Å². The molecular formula is C17H22N4O2. The van der Waals surface area contributed by atoms with E-state index >= 15 is 0 Å². The Bertz CT molecular complexity index is 621. The molecule has 1 aromatic heterocycles. The summed E-state index contributed by atoms with van der Waals surface area (Å²) in [7, 11) is 0. The van der Waals surface area contributed by atoms with Gasteiger partial charge in [-0.3, -0.25) is 4.79 Å². The summed E-state index contributed by atoms with van der Waals surface area (Å²) in [5.74, 6) is 0.0363. The van der Waals surface area contributed by atoms with Gasteiger partial charge < -0.3 is 15.4 Å². The van der Waals surface area contributed by atoms with Crippen LogP contribution in [0.4, 0.5) is 0 Å². The predicted octanol–water partition coefficient (Wildman–Crippen LogP) is 0.910. The first-order chi connectivity index (χ1) is 11.3. The van der Waals surface area contributed by atoms with E-state index in [1.54, 1.807) is 0 Å². The highest BCUT2D eigenvalue weighted by Gasteiger charge is 2.16. The maximum absolute atomic E-state index is 11.9. The molecule has 1 aliphatic heterocycles. The molecule has 0 saturated carbocycles. The number of aromatic nitrogens is 2. The lowest BCUT2D eigenvalue weighted by Gasteiger charge is -2.22. The van der Waals surface area contributed by atoms with Gasteiger partial charge >= 0.3 is 0 Å². The minimum absolute atomic E-state index is 0.00965. The molecule has 2 N–H and O–H groups in total. The highest BCUT2D eigenvalue weighted by Crippen LogP contribution is 2.08. The summed E-state index contributed by atoms with van der Waals surface area (Å²) in [4.78, 5) is 11.9. The van der Waals surface area contributed by atoms with E-state index in [4.69, 9.17) is 4.74 Å². The van der Waals surface area contributed by atoms with Gasteiger partial charge in [-0.15, -0.1) is 0 Å². The van der Waals surface area contributed by atoms with Crippen molar-refractivity contribution in [2.75, 3.05) is 26.2 Å². The number of morpholine rings is 1. The van der Waals surface area contributed by atoms with Crippen molar-refractivity contribution in [1.82, 2.24) is 20.4 Å². The van der Waals surface area contributed by atoms with Gasteiger partial charge in [0.25, 0.3) is 0 Å². The average molecular weight is 314 g/mol. The van der Waals surface area contributed by atoms with Crippen LogP contribution in [0.15, 0.2) is 42.7 Å². The van der Waals surface area contributed by atoms with Crippen molar-refractivity contribution in [2.24, 2.45) is 0 Å². The highest BCUT2D eigenvalue weighted by atomic mass is 16.5. The van der Waals surface area contributed by atoms with Crippen LogP contribution in [0.25, 0.3) is 5.69 Å². The summed E-state index contributed by atoms with van der Waals surface area (Å²) in [6.07, 6.45) is 5.01. The molecule has 6 heteroatoms. The Labute approximate surface area is 135 Å². The van der Waals surface area contributed by atoms with E-state index in [1.165, 1.54) is 0 Å². The van der Waals surface area contributed by atoms with Gasteiger partial charge in [0.15, 0.2) is 0 Å².